The Labute approximate surface area is 142 Å². The molecule has 0 saturated carbocycles. The summed E-state index contributed by atoms with van der Waals surface area (Å²) in [7, 11) is 0. The van der Waals surface area contributed by atoms with Crippen LogP contribution in [0.3, 0.4) is 0 Å². The molecular formula is C18H25N5O. The largest absolute Gasteiger partial charge is 0.343 e. The van der Waals surface area contributed by atoms with Crippen LogP contribution in [0.25, 0.3) is 11.4 Å². The van der Waals surface area contributed by atoms with E-state index in [1.54, 1.807) is 13.1 Å². The quantitative estimate of drug-likeness (QED) is 0.866. The van der Waals surface area contributed by atoms with Crippen molar-refractivity contribution in [3.05, 3.63) is 30.4 Å². The van der Waals surface area contributed by atoms with E-state index in [1.807, 2.05) is 28.0 Å². The van der Waals surface area contributed by atoms with Crippen molar-refractivity contribution in [3.8, 4) is 11.4 Å². The van der Waals surface area contributed by atoms with Gasteiger partial charge in [-0.25, -0.2) is 0 Å². The van der Waals surface area contributed by atoms with Crippen LogP contribution in [-0.2, 0) is 11.2 Å². The van der Waals surface area contributed by atoms with Crippen LogP contribution in [0, 0.1) is 5.92 Å². The van der Waals surface area contributed by atoms with Crippen molar-refractivity contribution in [3.63, 3.8) is 0 Å². The lowest BCUT2D eigenvalue weighted by Gasteiger charge is -2.31. The molecule has 0 spiro atoms. The molecule has 1 fully saturated rings. The van der Waals surface area contributed by atoms with Crippen molar-refractivity contribution < 1.29 is 4.79 Å². The molecule has 2 aromatic rings. The first kappa shape index (κ1) is 16.6. The summed E-state index contributed by atoms with van der Waals surface area (Å²) in [6, 6.07) is 2.26. The number of aromatic nitrogens is 4. The third-order valence-corrected chi connectivity index (χ3v) is 4.59. The Bertz CT molecular complexity index is 692. The number of nitrogens with zero attached hydrogens (tertiary/aromatic N) is 5. The van der Waals surface area contributed by atoms with Crippen molar-refractivity contribution >= 4 is 5.91 Å². The van der Waals surface area contributed by atoms with Gasteiger partial charge in [0.1, 0.15) is 5.69 Å². The van der Waals surface area contributed by atoms with E-state index in [1.165, 1.54) is 0 Å². The highest BCUT2D eigenvalue weighted by atomic mass is 16.2. The molecule has 6 heteroatoms. The number of amides is 1. The summed E-state index contributed by atoms with van der Waals surface area (Å²) in [5, 5.41) is 4.34. The van der Waals surface area contributed by atoms with Gasteiger partial charge in [0.25, 0.3) is 0 Å². The average molecular weight is 327 g/mol. The van der Waals surface area contributed by atoms with Crippen LogP contribution in [0.5, 0.6) is 0 Å². The molecule has 3 heterocycles. The van der Waals surface area contributed by atoms with Crippen molar-refractivity contribution in [1.82, 2.24) is 24.6 Å². The normalized spacial score (nSPS) is 18.2. The topological polar surface area (TPSA) is 63.9 Å². The van der Waals surface area contributed by atoms with Crippen LogP contribution in [0.4, 0.5) is 0 Å². The van der Waals surface area contributed by atoms with Gasteiger partial charge < -0.3 is 4.90 Å². The molecule has 3 rings (SSSR count). The van der Waals surface area contributed by atoms with E-state index < -0.39 is 0 Å². The summed E-state index contributed by atoms with van der Waals surface area (Å²) in [5.41, 5.74) is 2.83. The van der Waals surface area contributed by atoms with Crippen molar-refractivity contribution in [2.75, 3.05) is 13.1 Å². The molecule has 0 radical (unpaired) electrons. The van der Waals surface area contributed by atoms with E-state index in [9.17, 15) is 4.79 Å². The minimum absolute atomic E-state index is 0.170. The van der Waals surface area contributed by atoms with Gasteiger partial charge in [0.05, 0.1) is 17.6 Å². The van der Waals surface area contributed by atoms with Gasteiger partial charge in [-0.2, -0.15) is 5.10 Å². The predicted molar refractivity (Wildman–Crippen MR) is 92.3 cm³/mol. The highest BCUT2D eigenvalue weighted by Crippen LogP contribution is 2.22. The highest BCUT2D eigenvalue weighted by Gasteiger charge is 2.22. The van der Waals surface area contributed by atoms with E-state index in [-0.39, 0.29) is 11.9 Å². The number of hydrogen-bond acceptors (Lipinski definition) is 4. The number of hydrogen-bond donors (Lipinski definition) is 0. The molecule has 2 aromatic heterocycles. The third-order valence-electron chi connectivity index (χ3n) is 4.59. The lowest BCUT2D eigenvalue weighted by Crippen LogP contribution is -2.39. The fourth-order valence-electron chi connectivity index (χ4n) is 3.33. The minimum Gasteiger partial charge on any atom is -0.343 e. The fourth-order valence-corrected chi connectivity index (χ4v) is 3.33. The van der Waals surface area contributed by atoms with Gasteiger partial charge >= 0.3 is 0 Å². The van der Waals surface area contributed by atoms with Crippen molar-refractivity contribution in [2.24, 2.45) is 5.92 Å². The van der Waals surface area contributed by atoms with E-state index in [0.29, 0.717) is 5.92 Å². The Morgan fingerprint density at radius 3 is 2.83 bits per heavy atom. The Morgan fingerprint density at radius 1 is 1.33 bits per heavy atom. The first-order valence-electron chi connectivity index (χ1n) is 8.65. The molecular weight excluding hydrogens is 302 g/mol. The van der Waals surface area contributed by atoms with Gasteiger partial charge in [0, 0.05) is 38.4 Å². The summed E-state index contributed by atoms with van der Waals surface area (Å²) >= 11 is 0. The van der Waals surface area contributed by atoms with Gasteiger partial charge in [-0.15, -0.1) is 0 Å². The van der Waals surface area contributed by atoms with Crippen LogP contribution in [0.1, 0.15) is 45.3 Å². The summed E-state index contributed by atoms with van der Waals surface area (Å²) in [5.74, 6) is 0.645. The van der Waals surface area contributed by atoms with Crippen LogP contribution in [0.2, 0.25) is 0 Å². The summed E-state index contributed by atoms with van der Waals surface area (Å²) < 4.78 is 1.95. The maximum Gasteiger partial charge on any atom is 0.219 e. The lowest BCUT2D eigenvalue weighted by molar-refractivity contribution is -0.130. The molecule has 0 aliphatic carbocycles. The predicted octanol–water partition coefficient (Wildman–Crippen LogP) is 2.72. The summed E-state index contributed by atoms with van der Waals surface area (Å²) in [6.07, 6.45) is 8.58. The molecule has 6 nitrogen and oxygen atoms in total. The Hall–Kier alpha value is -2.24. The number of carbonyl (C=O) groups excluding carboxylic acids is 1. The van der Waals surface area contributed by atoms with E-state index in [2.05, 4.69) is 28.9 Å². The van der Waals surface area contributed by atoms with E-state index >= 15 is 0 Å². The number of piperidine rings is 1. The second-order valence-electron chi connectivity index (χ2n) is 6.83. The fraction of sp³-hybridized carbons (Fsp3) is 0.556. The summed E-state index contributed by atoms with van der Waals surface area (Å²) in [6.45, 7) is 7.56. The van der Waals surface area contributed by atoms with Crippen molar-refractivity contribution in [1.29, 1.82) is 0 Å². The lowest BCUT2D eigenvalue weighted by atomic mass is 9.93. The monoisotopic (exact) mass is 327 g/mol. The van der Waals surface area contributed by atoms with Gasteiger partial charge in [0.2, 0.25) is 5.91 Å². The molecule has 128 valence electrons. The number of rotatable bonds is 4. The molecule has 0 aromatic carbocycles. The molecule has 0 bridgehead atoms. The first-order chi connectivity index (χ1) is 11.5. The standard InChI is InChI=1S/C18H25N5O/c1-13(2)23-18(6-7-21-23)17-11-19-16(10-20-17)9-15-5-4-8-22(12-15)14(3)24/h6-7,10-11,13,15H,4-5,8-9,12H2,1-3H3. The number of likely N-dealkylation sites (tertiary alicyclic amines) is 1. The zero-order valence-electron chi connectivity index (χ0n) is 14.6. The molecule has 1 unspecified atom stereocenters. The van der Waals surface area contributed by atoms with E-state index in [4.69, 9.17) is 0 Å². The van der Waals surface area contributed by atoms with Crippen molar-refractivity contribution in [2.45, 2.75) is 46.1 Å². The molecule has 0 N–H and O–H groups in total. The van der Waals surface area contributed by atoms with E-state index in [0.717, 1.165) is 49.4 Å². The second-order valence-corrected chi connectivity index (χ2v) is 6.83. The smallest absolute Gasteiger partial charge is 0.219 e. The Kier molecular flexibility index (Phi) is 4.92. The maximum atomic E-state index is 11.5. The third kappa shape index (κ3) is 3.63. The molecule has 24 heavy (non-hydrogen) atoms. The van der Waals surface area contributed by atoms with Crippen LogP contribution < -0.4 is 0 Å². The minimum atomic E-state index is 0.170. The maximum absolute atomic E-state index is 11.5. The van der Waals surface area contributed by atoms with Gasteiger partial charge in [-0.1, -0.05) is 0 Å². The van der Waals surface area contributed by atoms with Crippen LogP contribution in [-0.4, -0.2) is 43.6 Å². The van der Waals surface area contributed by atoms with Gasteiger partial charge in [-0.05, 0) is 45.1 Å². The Morgan fingerprint density at radius 2 is 2.17 bits per heavy atom. The Balaban J connectivity index is 1.68. The summed E-state index contributed by atoms with van der Waals surface area (Å²) in [4.78, 5) is 22.7. The number of carbonyl (C=O) groups is 1. The van der Waals surface area contributed by atoms with Crippen LogP contribution >= 0.6 is 0 Å². The second kappa shape index (κ2) is 7.11. The molecule has 1 aliphatic rings. The zero-order chi connectivity index (χ0) is 17.1. The molecule has 1 amide bonds. The van der Waals surface area contributed by atoms with Gasteiger partial charge in [0.15, 0.2) is 0 Å². The molecule has 1 saturated heterocycles. The SMILES string of the molecule is CC(=O)N1CCCC(Cc2cnc(-c3ccnn3C(C)C)cn2)C1. The van der Waals surface area contributed by atoms with Crippen LogP contribution in [0.15, 0.2) is 24.7 Å². The zero-order valence-corrected chi connectivity index (χ0v) is 14.6. The van der Waals surface area contributed by atoms with Gasteiger partial charge in [-0.3, -0.25) is 19.4 Å². The average Bonchev–Trinajstić information content (AvgIpc) is 3.06. The molecule has 1 aliphatic heterocycles. The first-order valence-corrected chi connectivity index (χ1v) is 8.65. The molecule has 1 atom stereocenters. The highest BCUT2D eigenvalue weighted by molar-refractivity contribution is 5.73.